The van der Waals surface area contributed by atoms with Crippen LogP contribution in [0.1, 0.15) is 59.6 Å². The van der Waals surface area contributed by atoms with Crippen LogP contribution in [0.2, 0.25) is 0 Å². The van der Waals surface area contributed by atoms with Gasteiger partial charge in [0.1, 0.15) is 24.0 Å². The fourth-order valence-corrected chi connectivity index (χ4v) is 3.45. The molecule has 14 heteroatoms. The Morgan fingerprint density at radius 3 is 2.61 bits per heavy atom. The molecule has 0 radical (unpaired) electrons. The topological polar surface area (TPSA) is 181 Å². The molecule has 36 heavy (non-hydrogen) atoms. The number of hydrogen-bond donors (Lipinski definition) is 5. The predicted molar refractivity (Wildman–Crippen MR) is 124 cm³/mol. The second-order valence-electron chi connectivity index (χ2n) is 9.41. The Balaban J connectivity index is 2.12. The monoisotopic (exact) mass is 515 g/mol. The van der Waals surface area contributed by atoms with Crippen LogP contribution in [0, 0.1) is 5.82 Å². The Bertz CT molecular complexity index is 996. The molecular weight excluding hydrogens is 481 g/mol. The first-order valence-corrected chi connectivity index (χ1v) is 11.6. The number of anilines is 1. The van der Waals surface area contributed by atoms with E-state index in [0.29, 0.717) is 19.4 Å². The van der Waals surface area contributed by atoms with E-state index in [-0.39, 0.29) is 18.7 Å². The highest BCUT2D eigenvalue weighted by Crippen LogP contribution is 2.27. The third-order valence-electron chi connectivity index (χ3n) is 5.14. The highest BCUT2D eigenvalue weighted by Gasteiger charge is 2.35. The number of halogens is 1. The second kappa shape index (κ2) is 12.7. The average Bonchev–Trinajstić information content (AvgIpc) is 3.13. The zero-order valence-corrected chi connectivity index (χ0v) is 20.7. The number of carbonyl (C=O) groups excluding carboxylic acids is 3. The number of carbonyl (C=O) groups is 3. The summed E-state index contributed by atoms with van der Waals surface area (Å²) < 4.78 is 26.1. The number of ether oxygens (including phenoxy) is 2. The van der Waals surface area contributed by atoms with Gasteiger partial charge < -0.3 is 35.6 Å². The maximum absolute atomic E-state index is 14.7. The van der Waals surface area contributed by atoms with Crippen LogP contribution >= 0.6 is 0 Å². The summed E-state index contributed by atoms with van der Waals surface area (Å²) in [7, 11) is 0. The van der Waals surface area contributed by atoms with Gasteiger partial charge in [-0.3, -0.25) is 14.2 Å². The van der Waals surface area contributed by atoms with E-state index in [1.54, 1.807) is 20.8 Å². The SMILES string of the molecule is CC(=O)NCCCCC(NC(=O)OC(C)(C)C)C(=O)Nc1nc(=O)n([C@H]2C[C@@H](O)[C@@H](CO)O2)cc1F. The van der Waals surface area contributed by atoms with E-state index in [1.807, 2.05) is 0 Å². The number of aliphatic hydroxyl groups is 2. The molecule has 1 aromatic heterocycles. The number of nitrogens with one attached hydrogen (secondary N) is 3. The van der Waals surface area contributed by atoms with E-state index < -0.39 is 66.0 Å². The van der Waals surface area contributed by atoms with Crippen molar-refractivity contribution in [3.8, 4) is 0 Å². The Labute approximate surface area is 207 Å². The van der Waals surface area contributed by atoms with Gasteiger partial charge in [0, 0.05) is 19.9 Å². The van der Waals surface area contributed by atoms with Crippen LogP contribution in [0.25, 0.3) is 0 Å². The molecule has 4 atom stereocenters. The smallest absolute Gasteiger partial charge is 0.408 e. The molecule has 1 unspecified atom stereocenters. The fourth-order valence-electron chi connectivity index (χ4n) is 3.45. The molecular formula is C22H34FN5O8. The lowest BCUT2D eigenvalue weighted by molar-refractivity contribution is -0.119. The van der Waals surface area contributed by atoms with Crippen LogP contribution in [0.4, 0.5) is 15.0 Å². The van der Waals surface area contributed by atoms with E-state index in [1.165, 1.54) is 6.92 Å². The molecule has 1 aliphatic rings. The minimum Gasteiger partial charge on any atom is -0.444 e. The third kappa shape index (κ3) is 8.84. The highest BCUT2D eigenvalue weighted by atomic mass is 19.1. The zero-order chi connectivity index (χ0) is 27.0. The van der Waals surface area contributed by atoms with Crippen LogP contribution in [-0.2, 0) is 19.1 Å². The first kappa shape index (κ1) is 29.1. The van der Waals surface area contributed by atoms with Crippen molar-refractivity contribution in [1.82, 2.24) is 20.2 Å². The molecule has 13 nitrogen and oxygen atoms in total. The molecule has 0 spiro atoms. The van der Waals surface area contributed by atoms with Gasteiger partial charge in [-0.1, -0.05) is 0 Å². The van der Waals surface area contributed by atoms with E-state index in [2.05, 4.69) is 20.9 Å². The Morgan fingerprint density at radius 1 is 1.33 bits per heavy atom. The Kier molecular flexibility index (Phi) is 10.3. The summed E-state index contributed by atoms with van der Waals surface area (Å²) in [6, 6.07) is -1.14. The molecule has 1 fully saturated rings. The summed E-state index contributed by atoms with van der Waals surface area (Å²) in [6.45, 7) is 6.23. The molecule has 2 rings (SSSR count). The van der Waals surface area contributed by atoms with Gasteiger partial charge in [0.2, 0.25) is 11.8 Å². The maximum Gasteiger partial charge on any atom is 0.408 e. The van der Waals surface area contributed by atoms with Crippen LogP contribution < -0.4 is 21.6 Å². The quantitative estimate of drug-likeness (QED) is 0.271. The standard InChI is InChI=1S/C22H34FN5O8/c1-12(30)24-8-6-5-7-14(25-21(34)36-22(2,3)4)19(32)26-18-13(23)10-28(20(33)27-18)17-9-15(31)16(11-29)35-17/h10,14-17,29,31H,5-9,11H2,1-4H3,(H,24,30)(H,25,34)(H,26,27,32,33)/t14?,15-,16-,17-/m1/s1. The zero-order valence-electron chi connectivity index (χ0n) is 20.7. The summed E-state index contributed by atoms with van der Waals surface area (Å²) in [5.74, 6) is -2.71. The molecule has 0 saturated carbocycles. The molecule has 0 bridgehead atoms. The van der Waals surface area contributed by atoms with Gasteiger partial charge in [-0.05, 0) is 40.0 Å². The van der Waals surface area contributed by atoms with Crippen molar-refractivity contribution in [3.63, 3.8) is 0 Å². The average molecular weight is 516 g/mol. The lowest BCUT2D eigenvalue weighted by Gasteiger charge is -2.23. The van der Waals surface area contributed by atoms with E-state index in [9.17, 15) is 33.8 Å². The second-order valence-corrected chi connectivity index (χ2v) is 9.41. The molecule has 1 aromatic rings. The summed E-state index contributed by atoms with van der Waals surface area (Å²) >= 11 is 0. The van der Waals surface area contributed by atoms with Crippen molar-refractivity contribution in [1.29, 1.82) is 0 Å². The number of unbranched alkanes of at least 4 members (excludes halogenated alkanes) is 1. The van der Waals surface area contributed by atoms with Gasteiger partial charge >= 0.3 is 11.8 Å². The molecule has 202 valence electrons. The largest absolute Gasteiger partial charge is 0.444 e. The van der Waals surface area contributed by atoms with Crippen molar-refractivity contribution in [3.05, 3.63) is 22.5 Å². The van der Waals surface area contributed by atoms with Crippen molar-refractivity contribution in [2.75, 3.05) is 18.5 Å². The lowest BCUT2D eigenvalue weighted by Crippen LogP contribution is -2.46. The number of aromatic nitrogens is 2. The van der Waals surface area contributed by atoms with Crippen molar-refractivity contribution >= 4 is 23.7 Å². The van der Waals surface area contributed by atoms with Gasteiger partial charge in [0.05, 0.1) is 18.9 Å². The fraction of sp³-hybridized carbons (Fsp3) is 0.682. The number of alkyl carbamates (subject to hydrolysis) is 1. The van der Waals surface area contributed by atoms with Gasteiger partial charge in [0.15, 0.2) is 11.6 Å². The predicted octanol–water partition coefficient (Wildman–Crippen LogP) is 0.161. The number of hydrogen-bond acceptors (Lipinski definition) is 9. The summed E-state index contributed by atoms with van der Waals surface area (Å²) in [5, 5.41) is 26.3. The summed E-state index contributed by atoms with van der Waals surface area (Å²) in [5.41, 5.74) is -1.77. The minimum absolute atomic E-state index is 0.0572. The van der Waals surface area contributed by atoms with Crippen LogP contribution in [0.15, 0.2) is 11.0 Å². The number of amides is 3. The summed E-state index contributed by atoms with van der Waals surface area (Å²) in [6.07, 6.45) is -2.05. The number of rotatable bonds is 10. The van der Waals surface area contributed by atoms with E-state index in [0.717, 1.165) is 10.8 Å². The third-order valence-corrected chi connectivity index (χ3v) is 5.14. The van der Waals surface area contributed by atoms with E-state index in [4.69, 9.17) is 9.47 Å². The minimum atomic E-state index is -1.14. The van der Waals surface area contributed by atoms with Crippen molar-refractivity contribution < 1.29 is 38.5 Å². The number of nitrogens with zero attached hydrogens (tertiary/aromatic N) is 2. The highest BCUT2D eigenvalue weighted by molar-refractivity contribution is 5.95. The van der Waals surface area contributed by atoms with Crippen molar-refractivity contribution in [2.24, 2.45) is 0 Å². The van der Waals surface area contributed by atoms with Gasteiger partial charge in [-0.25, -0.2) is 14.0 Å². The molecule has 1 aliphatic heterocycles. The lowest BCUT2D eigenvalue weighted by atomic mass is 10.1. The van der Waals surface area contributed by atoms with Crippen LogP contribution in [-0.4, -0.2) is 74.7 Å². The first-order chi connectivity index (χ1) is 16.8. The molecule has 2 heterocycles. The summed E-state index contributed by atoms with van der Waals surface area (Å²) in [4.78, 5) is 52.1. The van der Waals surface area contributed by atoms with Crippen LogP contribution in [0.3, 0.4) is 0 Å². The Hall–Kier alpha value is -3.10. The Morgan fingerprint density at radius 2 is 2.03 bits per heavy atom. The maximum atomic E-state index is 14.7. The van der Waals surface area contributed by atoms with E-state index >= 15 is 0 Å². The normalized spacial score (nSPS) is 20.5. The van der Waals surface area contributed by atoms with Crippen LogP contribution in [0.5, 0.6) is 0 Å². The van der Waals surface area contributed by atoms with Crippen molar-refractivity contribution in [2.45, 2.75) is 83.5 Å². The molecule has 5 N–H and O–H groups in total. The molecule has 0 aromatic carbocycles. The molecule has 1 saturated heterocycles. The first-order valence-electron chi connectivity index (χ1n) is 11.6. The van der Waals surface area contributed by atoms with Gasteiger partial charge in [0.25, 0.3) is 0 Å². The van der Waals surface area contributed by atoms with Gasteiger partial charge in [-0.15, -0.1) is 0 Å². The van der Waals surface area contributed by atoms with Gasteiger partial charge in [-0.2, -0.15) is 4.98 Å². The molecule has 0 aliphatic carbocycles. The molecule has 3 amide bonds. The number of aliphatic hydroxyl groups excluding tert-OH is 2.